The summed E-state index contributed by atoms with van der Waals surface area (Å²) in [5.41, 5.74) is 1.59. The minimum atomic E-state index is -4.96. The standard InChI is InChI=1S/C21H22F3N3O2.CH4/c1-13(2)27-18-10-9-17(11-16(18)12-25-27)29-19(15-7-5-4-6-8-15)14(3)26-20(28)21(22,23)24;/h4-14,19H,1-3H3,(H,26,28);1H4/t14-,19-;/m0./s1. The molecule has 1 amide bonds. The number of nitrogens with zero attached hydrogens (tertiary/aromatic N) is 2. The van der Waals surface area contributed by atoms with Crippen LogP contribution >= 0.6 is 0 Å². The van der Waals surface area contributed by atoms with E-state index in [-0.39, 0.29) is 13.5 Å². The molecule has 8 heteroatoms. The highest BCUT2D eigenvalue weighted by molar-refractivity contribution is 5.82. The molecule has 0 spiro atoms. The summed E-state index contributed by atoms with van der Waals surface area (Å²) in [5, 5.41) is 7.20. The van der Waals surface area contributed by atoms with Crippen LogP contribution in [0.4, 0.5) is 13.2 Å². The molecule has 30 heavy (non-hydrogen) atoms. The molecule has 0 saturated carbocycles. The Hall–Kier alpha value is -3.03. The summed E-state index contributed by atoms with van der Waals surface area (Å²) in [4.78, 5) is 11.4. The minimum Gasteiger partial charge on any atom is -0.484 e. The maximum atomic E-state index is 12.7. The van der Waals surface area contributed by atoms with E-state index in [1.54, 1.807) is 48.7 Å². The van der Waals surface area contributed by atoms with Gasteiger partial charge >= 0.3 is 12.1 Å². The summed E-state index contributed by atoms with van der Waals surface area (Å²) in [6, 6.07) is 13.5. The number of ether oxygens (including phenoxy) is 1. The van der Waals surface area contributed by atoms with Gasteiger partial charge in [0.1, 0.15) is 11.9 Å². The van der Waals surface area contributed by atoms with E-state index in [9.17, 15) is 18.0 Å². The molecule has 1 aromatic heterocycles. The third kappa shape index (κ3) is 5.11. The first-order valence-corrected chi connectivity index (χ1v) is 9.23. The second-order valence-electron chi connectivity index (χ2n) is 7.11. The van der Waals surface area contributed by atoms with E-state index in [0.717, 1.165) is 10.9 Å². The van der Waals surface area contributed by atoms with Crippen molar-refractivity contribution in [3.8, 4) is 5.75 Å². The van der Waals surface area contributed by atoms with Crippen molar-refractivity contribution in [2.75, 3.05) is 0 Å². The molecule has 3 aromatic rings. The number of carbonyl (C=O) groups excluding carboxylic acids is 1. The molecule has 3 rings (SSSR count). The van der Waals surface area contributed by atoms with Crippen LogP contribution in [0, 0.1) is 0 Å². The number of nitrogens with one attached hydrogen (secondary N) is 1. The number of alkyl halides is 3. The largest absolute Gasteiger partial charge is 0.484 e. The summed E-state index contributed by atoms with van der Waals surface area (Å²) < 4.78 is 46.0. The lowest BCUT2D eigenvalue weighted by Gasteiger charge is -2.27. The van der Waals surface area contributed by atoms with Gasteiger partial charge in [0.05, 0.1) is 17.8 Å². The molecule has 0 aliphatic heterocycles. The Morgan fingerprint density at radius 1 is 1.10 bits per heavy atom. The monoisotopic (exact) mass is 421 g/mol. The fourth-order valence-electron chi connectivity index (χ4n) is 3.13. The van der Waals surface area contributed by atoms with Crippen molar-refractivity contribution in [3.05, 3.63) is 60.3 Å². The molecule has 5 nitrogen and oxygen atoms in total. The highest BCUT2D eigenvalue weighted by Gasteiger charge is 2.40. The Bertz CT molecular complexity index is 984. The zero-order valence-corrected chi connectivity index (χ0v) is 16.3. The number of rotatable bonds is 6. The Kier molecular flexibility index (Phi) is 7.12. The highest BCUT2D eigenvalue weighted by atomic mass is 19.4. The normalized spacial score (nSPS) is 13.6. The molecule has 0 saturated heterocycles. The molecule has 2 aromatic carbocycles. The predicted octanol–water partition coefficient (Wildman–Crippen LogP) is 5.44. The first-order valence-electron chi connectivity index (χ1n) is 9.23. The summed E-state index contributed by atoms with van der Waals surface area (Å²) >= 11 is 0. The number of hydrogen-bond acceptors (Lipinski definition) is 3. The SMILES string of the molecule is C.CC(C)n1ncc2cc(O[C@H](c3ccccc3)[C@H](C)NC(=O)C(F)(F)F)ccc21. The summed E-state index contributed by atoms with van der Waals surface area (Å²) in [6.07, 6.45) is -4.05. The zero-order valence-electron chi connectivity index (χ0n) is 16.3. The van der Waals surface area contributed by atoms with Gasteiger partial charge in [0.15, 0.2) is 0 Å². The Labute approximate surface area is 173 Å². The van der Waals surface area contributed by atoms with Gasteiger partial charge in [-0.2, -0.15) is 18.3 Å². The van der Waals surface area contributed by atoms with Gasteiger partial charge in [0, 0.05) is 11.4 Å². The maximum absolute atomic E-state index is 12.7. The van der Waals surface area contributed by atoms with Gasteiger partial charge in [0.25, 0.3) is 0 Å². The van der Waals surface area contributed by atoms with Gasteiger partial charge in [-0.15, -0.1) is 0 Å². The first-order chi connectivity index (χ1) is 13.7. The fourth-order valence-corrected chi connectivity index (χ4v) is 3.13. The van der Waals surface area contributed by atoms with Crippen LogP contribution in [0.15, 0.2) is 54.7 Å². The van der Waals surface area contributed by atoms with Crippen LogP contribution in [0.1, 0.15) is 45.9 Å². The average molecular weight is 421 g/mol. The van der Waals surface area contributed by atoms with Gasteiger partial charge in [-0.05, 0) is 44.5 Å². The van der Waals surface area contributed by atoms with Crippen molar-refractivity contribution < 1.29 is 22.7 Å². The van der Waals surface area contributed by atoms with Crippen LogP contribution in [0.3, 0.4) is 0 Å². The zero-order chi connectivity index (χ0) is 21.2. The minimum absolute atomic E-state index is 0. The fraction of sp³-hybridized carbons (Fsp3) is 0.364. The van der Waals surface area contributed by atoms with Crippen LogP contribution in [0.2, 0.25) is 0 Å². The van der Waals surface area contributed by atoms with Gasteiger partial charge in [0.2, 0.25) is 0 Å². The number of fused-ring (bicyclic) bond motifs is 1. The van der Waals surface area contributed by atoms with E-state index in [1.165, 1.54) is 6.92 Å². The average Bonchev–Trinajstić information content (AvgIpc) is 3.09. The van der Waals surface area contributed by atoms with Crippen LogP contribution < -0.4 is 10.1 Å². The molecule has 0 aliphatic rings. The van der Waals surface area contributed by atoms with E-state index < -0.39 is 24.2 Å². The van der Waals surface area contributed by atoms with E-state index in [0.29, 0.717) is 11.3 Å². The molecule has 2 atom stereocenters. The van der Waals surface area contributed by atoms with Gasteiger partial charge in [-0.3, -0.25) is 9.48 Å². The Morgan fingerprint density at radius 3 is 2.37 bits per heavy atom. The van der Waals surface area contributed by atoms with E-state index in [2.05, 4.69) is 5.10 Å². The second kappa shape index (κ2) is 9.19. The topological polar surface area (TPSA) is 56.1 Å². The molecule has 0 fully saturated rings. The lowest BCUT2D eigenvalue weighted by molar-refractivity contribution is -0.174. The number of halogens is 3. The van der Waals surface area contributed by atoms with Crippen LogP contribution in [0.25, 0.3) is 10.9 Å². The van der Waals surface area contributed by atoms with Crippen molar-refractivity contribution >= 4 is 16.8 Å². The first kappa shape index (κ1) is 23.3. The molecule has 0 radical (unpaired) electrons. The summed E-state index contributed by atoms with van der Waals surface area (Å²) in [7, 11) is 0. The van der Waals surface area contributed by atoms with Gasteiger partial charge in [-0.1, -0.05) is 37.8 Å². The van der Waals surface area contributed by atoms with Crippen molar-refractivity contribution in [1.82, 2.24) is 15.1 Å². The van der Waals surface area contributed by atoms with Crippen LogP contribution in [0.5, 0.6) is 5.75 Å². The number of aromatic nitrogens is 2. The lowest BCUT2D eigenvalue weighted by atomic mass is 10.0. The summed E-state index contributed by atoms with van der Waals surface area (Å²) in [5.74, 6) is -1.52. The van der Waals surface area contributed by atoms with Gasteiger partial charge in [-0.25, -0.2) is 0 Å². The Morgan fingerprint density at radius 2 is 1.77 bits per heavy atom. The lowest BCUT2D eigenvalue weighted by Crippen LogP contribution is -2.45. The smallest absolute Gasteiger partial charge is 0.471 e. The highest BCUT2D eigenvalue weighted by Crippen LogP contribution is 2.29. The summed E-state index contributed by atoms with van der Waals surface area (Å²) in [6.45, 7) is 5.53. The third-order valence-electron chi connectivity index (χ3n) is 4.52. The molecular formula is C22H26F3N3O2. The number of carbonyl (C=O) groups is 1. The second-order valence-corrected chi connectivity index (χ2v) is 7.11. The molecule has 0 bridgehead atoms. The van der Waals surface area contributed by atoms with Crippen LogP contribution in [-0.2, 0) is 4.79 Å². The molecule has 1 heterocycles. The number of hydrogen-bond donors (Lipinski definition) is 1. The third-order valence-corrected chi connectivity index (χ3v) is 4.52. The number of benzene rings is 2. The number of amides is 1. The van der Waals surface area contributed by atoms with Crippen molar-refractivity contribution in [3.63, 3.8) is 0 Å². The van der Waals surface area contributed by atoms with Crippen molar-refractivity contribution in [1.29, 1.82) is 0 Å². The maximum Gasteiger partial charge on any atom is 0.471 e. The van der Waals surface area contributed by atoms with Crippen LogP contribution in [-0.4, -0.2) is 27.9 Å². The van der Waals surface area contributed by atoms with Gasteiger partial charge < -0.3 is 10.1 Å². The molecule has 0 aliphatic carbocycles. The molecule has 1 N–H and O–H groups in total. The predicted molar refractivity (Wildman–Crippen MR) is 110 cm³/mol. The molecule has 162 valence electrons. The van der Waals surface area contributed by atoms with E-state index in [1.807, 2.05) is 29.9 Å². The van der Waals surface area contributed by atoms with E-state index >= 15 is 0 Å². The van der Waals surface area contributed by atoms with Crippen molar-refractivity contribution in [2.24, 2.45) is 0 Å². The van der Waals surface area contributed by atoms with Crippen molar-refractivity contribution in [2.45, 2.75) is 52.6 Å². The quantitative estimate of drug-likeness (QED) is 0.577. The molecule has 0 unspecified atom stereocenters. The Balaban J connectivity index is 0.00000320. The molecular weight excluding hydrogens is 395 g/mol. The van der Waals surface area contributed by atoms with E-state index in [4.69, 9.17) is 4.74 Å².